The fraction of sp³-hybridized carbons (Fsp3) is 0.500. The van der Waals surface area contributed by atoms with E-state index in [0.29, 0.717) is 30.0 Å². The molecule has 2 bridgehead atoms. The van der Waals surface area contributed by atoms with Crippen LogP contribution in [0.15, 0.2) is 18.2 Å². The number of carboxylic acids is 1. The molecule has 0 aliphatic carbocycles. The van der Waals surface area contributed by atoms with Crippen LogP contribution in [0.4, 0.5) is 5.69 Å². The molecule has 2 fully saturated rings. The van der Waals surface area contributed by atoms with Gasteiger partial charge in [-0.25, -0.2) is 0 Å². The lowest BCUT2D eigenvalue weighted by molar-refractivity contribution is -0.147. The topological polar surface area (TPSA) is 94.1 Å². The molecule has 0 spiro atoms. The predicted octanol–water partition coefficient (Wildman–Crippen LogP) is 1.52. The van der Waals surface area contributed by atoms with E-state index < -0.39 is 17.8 Å². The first-order chi connectivity index (χ1) is 11.0. The third-order valence-corrected chi connectivity index (χ3v) is 4.48. The zero-order valence-corrected chi connectivity index (χ0v) is 12.9. The molecule has 0 aromatic heterocycles. The Morgan fingerprint density at radius 3 is 2.17 bits per heavy atom. The number of aliphatic carboxylic acids is 1. The standard InChI is InChI=1S/C16H19NO6/c1-21-9-5-8(6-10(7-9)22-2)17-15(18)13-11-3-4-12(23-11)14(13)16(19)20/h5-7,11-14H,3-4H2,1-2H3,(H,17,18)(H,19,20)/t11-,12+,13-,14-/m0/s1. The number of hydrogen-bond donors (Lipinski definition) is 2. The first-order valence-corrected chi connectivity index (χ1v) is 7.45. The molecule has 0 radical (unpaired) electrons. The van der Waals surface area contributed by atoms with Crippen LogP contribution in [0.3, 0.4) is 0 Å². The molecule has 23 heavy (non-hydrogen) atoms. The summed E-state index contributed by atoms with van der Waals surface area (Å²) in [5, 5.41) is 12.1. The predicted molar refractivity (Wildman–Crippen MR) is 80.7 cm³/mol. The van der Waals surface area contributed by atoms with Gasteiger partial charge in [-0.15, -0.1) is 0 Å². The second kappa shape index (κ2) is 6.08. The monoisotopic (exact) mass is 321 g/mol. The van der Waals surface area contributed by atoms with Gasteiger partial charge in [0.15, 0.2) is 0 Å². The summed E-state index contributed by atoms with van der Waals surface area (Å²) in [4.78, 5) is 24.0. The first-order valence-electron chi connectivity index (χ1n) is 7.45. The number of benzene rings is 1. The average molecular weight is 321 g/mol. The van der Waals surface area contributed by atoms with Gasteiger partial charge in [-0.2, -0.15) is 0 Å². The van der Waals surface area contributed by atoms with Crippen molar-refractivity contribution in [1.29, 1.82) is 0 Å². The third kappa shape index (κ3) is 2.84. The summed E-state index contributed by atoms with van der Waals surface area (Å²) in [6, 6.07) is 5.00. The zero-order chi connectivity index (χ0) is 16.6. The minimum Gasteiger partial charge on any atom is -0.497 e. The highest BCUT2D eigenvalue weighted by atomic mass is 16.5. The number of carbonyl (C=O) groups excluding carboxylic acids is 1. The fourth-order valence-electron chi connectivity index (χ4n) is 3.43. The molecule has 0 saturated carbocycles. The number of fused-ring (bicyclic) bond motifs is 2. The molecular formula is C16H19NO6. The maximum absolute atomic E-state index is 12.6. The van der Waals surface area contributed by atoms with Crippen LogP contribution < -0.4 is 14.8 Å². The molecular weight excluding hydrogens is 302 g/mol. The van der Waals surface area contributed by atoms with E-state index in [4.69, 9.17) is 14.2 Å². The maximum atomic E-state index is 12.6. The summed E-state index contributed by atoms with van der Waals surface area (Å²) in [5.41, 5.74) is 0.498. The lowest BCUT2D eigenvalue weighted by Crippen LogP contribution is -2.40. The lowest BCUT2D eigenvalue weighted by Gasteiger charge is -2.24. The highest BCUT2D eigenvalue weighted by Crippen LogP contribution is 2.44. The SMILES string of the molecule is COc1cc(NC(=O)[C@@H]2[C@@H](C(=O)O)[C@H]3CC[C@@H]2O3)cc(OC)c1. The molecule has 2 saturated heterocycles. The summed E-state index contributed by atoms with van der Waals surface area (Å²) in [7, 11) is 3.04. The summed E-state index contributed by atoms with van der Waals surface area (Å²) in [6.45, 7) is 0. The van der Waals surface area contributed by atoms with Crippen LogP contribution in [0.25, 0.3) is 0 Å². The van der Waals surface area contributed by atoms with Gasteiger partial charge in [0.25, 0.3) is 0 Å². The largest absolute Gasteiger partial charge is 0.497 e. The van der Waals surface area contributed by atoms with E-state index in [1.165, 1.54) is 14.2 Å². The van der Waals surface area contributed by atoms with E-state index in [-0.39, 0.29) is 18.1 Å². The smallest absolute Gasteiger partial charge is 0.310 e. The second-order valence-electron chi connectivity index (χ2n) is 5.77. The molecule has 4 atom stereocenters. The number of rotatable bonds is 5. The average Bonchev–Trinajstić information content (AvgIpc) is 3.15. The Kier molecular flexibility index (Phi) is 4.12. The van der Waals surface area contributed by atoms with Crippen LogP contribution in [-0.4, -0.2) is 43.4 Å². The Balaban J connectivity index is 1.80. The molecule has 3 rings (SSSR count). The van der Waals surface area contributed by atoms with Gasteiger partial charge < -0.3 is 24.6 Å². The van der Waals surface area contributed by atoms with Crippen LogP contribution in [0.1, 0.15) is 12.8 Å². The van der Waals surface area contributed by atoms with Crippen LogP contribution in [0.2, 0.25) is 0 Å². The molecule has 2 N–H and O–H groups in total. The van der Waals surface area contributed by atoms with Crippen molar-refractivity contribution in [1.82, 2.24) is 0 Å². The number of methoxy groups -OCH3 is 2. The van der Waals surface area contributed by atoms with Crippen molar-refractivity contribution in [2.24, 2.45) is 11.8 Å². The Labute approximate surface area is 133 Å². The number of carboxylic acid groups (broad SMARTS) is 1. The highest BCUT2D eigenvalue weighted by Gasteiger charge is 2.55. The highest BCUT2D eigenvalue weighted by molar-refractivity contribution is 5.96. The van der Waals surface area contributed by atoms with Gasteiger partial charge in [0, 0.05) is 23.9 Å². The molecule has 7 nitrogen and oxygen atoms in total. The van der Waals surface area contributed by atoms with Crippen molar-refractivity contribution in [3.05, 3.63) is 18.2 Å². The van der Waals surface area contributed by atoms with Crippen molar-refractivity contribution >= 4 is 17.6 Å². The van der Waals surface area contributed by atoms with Gasteiger partial charge >= 0.3 is 5.97 Å². The van der Waals surface area contributed by atoms with E-state index in [2.05, 4.69) is 5.32 Å². The van der Waals surface area contributed by atoms with Crippen molar-refractivity contribution in [2.75, 3.05) is 19.5 Å². The summed E-state index contributed by atoms with van der Waals surface area (Å²) in [6.07, 6.45) is 0.716. The van der Waals surface area contributed by atoms with Crippen LogP contribution in [-0.2, 0) is 14.3 Å². The van der Waals surface area contributed by atoms with E-state index in [1.54, 1.807) is 18.2 Å². The normalized spacial score (nSPS) is 28.4. The molecule has 7 heteroatoms. The van der Waals surface area contributed by atoms with Gasteiger partial charge in [0.1, 0.15) is 11.5 Å². The Morgan fingerprint density at radius 2 is 1.65 bits per heavy atom. The number of amides is 1. The molecule has 1 aromatic rings. The molecule has 2 aliphatic heterocycles. The van der Waals surface area contributed by atoms with Crippen molar-refractivity contribution in [3.8, 4) is 11.5 Å². The van der Waals surface area contributed by atoms with Gasteiger partial charge in [0.2, 0.25) is 5.91 Å². The molecule has 1 amide bonds. The van der Waals surface area contributed by atoms with E-state index in [9.17, 15) is 14.7 Å². The summed E-state index contributed by atoms with van der Waals surface area (Å²) < 4.78 is 15.9. The van der Waals surface area contributed by atoms with Crippen molar-refractivity contribution in [2.45, 2.75) is 25.0 Å². The first kappa shape index (κ1) is 15.6. The van der Waals surface area contributed by atoms with Gasteiger partial charge in [0.05, 0.1) is 38.3 Å². The van der Waals surface area contributed by atoms with Crippen molar-refractivity contribution < 1.29 is 28.9 Å². The van der Waals surface area contributed by atoms with Gasteiger partial charge in [-0.3, -0.25) is 9.59 Å². The number of anilines is 1. The van der Waals surface area contributed by atoms with Gasteiger partial charge in [-0.1, -0.05) is 0 Å². The maximum Gasteiger partial charge on any atom is 0.310 e. The second-order valence-corrected chi connectivity index (χ2v) is 5.77. The lowest BCUT2D eigenvalue weighted by atomic mass is 9.78. The molecule has 124 valence electrons. The molecule has 2 aliphatic rings. The molecule has 0 unspecified atom stereocenters. The third-order valence-electron chi connectivity index (χ3n) is 4.48. The number of nitrogens with one attached hydrogen (secondary N) is 1. The van der Waals surface area contributed by atoms with E-state index >= 15 is 0 Å². The van der Waals surface area contributed by atoms with Crippen molar-refractivity contribution in [3.63, 3.8) is 0 Å². The van der Waals surface area contributed by atoms with Gasteiger partial charge in [-0.05, 0) is 12.8 Å². The Bertz CT molecular complexity index is 609. The number of hydrogen-bond acceptors (Lipinski definition) is 5. The quantitative estimate of drug-likeness (QED) is 0.854. The van der Waals surface area contributed by atoms with E-state index in [0.717, 1.165) is 0 Å². The fourth-order valence-corrected chi connectivity index (χ4v) is 3.43. The van der Waals surface area contributed by atoms with Crippen LogP contribution in [0.5, 0.6) is 11.5 Å². The number of ether oxygens (including phenoxy) is 3. The Morgan fingerprint density at radius 1 is 1.09 bits per heavy atom. The molecule has 1 aromatic carbocycles. The minimum atomic E-state index is -0.986. The molecule has 2 heterocycles. The summed E-state index contributed by atoms with van der Waals surface area (Å²) >= 11 is 0. The minimum absolute atomic E-state index is 0.325. The van der Waals surface area contributed by atoms with E-state index in [1.807, 2.05) is 0 Å². The zero-order valence-electron chi connectivity index (χ0n) is 12.9. The van der Waals surface area contributed by atoms with Crippen LogP contribution >= 0.6 is 0 Å². The Hall–Kier alpha value is -2.28. The number of carbonyl (C=O) groups is 2. The summed E-state index contributed by atoms with van der Waals surface area (Å²) in [5.74, 6) is -1.72. The van der Waals surface area contributed by atoms with Crippen LogP contribution in [0, 0.1) is 11.8 Å².